The minimum atomic E-state index is -0.629. The van der Waals surface area contributed by atoms with Crippen LogP contribution in [0.3, 0.4) is 0 Å². The minimum Gasteiger partial charge on any atom is -0.497 e. The van der Waals surface area contributed by atoms with Crippen LogP contribution >= 0.6 is 11.6 Å². The summed E-state index contributed by atoms with van der Waals surface area (Å²) < 4.78 is 37.5. The van der Waals surface area contributed by atoms with Gasteiger partial charge in [0.15, 0.2) is 0 Å². The summed E-state index contributed by atoms with van der Waals surface area (Å²) in [4.78, 5) is 0. The smallest absolute Gasteiger partial charge is 0.497 e. The van der Waals surface area contributed by atoms with E-state index in [0.29, 0.717) is 27.5 Å². The first kappa shape index (κ1) is 20.0. The molecule has 144 valence electrons. The molecule has 3 rings (SSSR count). The third-order valence-corrected chi connectivity index (χ3v) is 5.51. The van der Waals surface area contributed by atoms with E-state index in [4.69, 9.17) is 30.4 Å². The molecule has 0 bridgehead atoms. The molecule has 1 fully saturated rings. The summed E-state index contributed by atoms with van der Waals surface area (Å²) in [5.41, 5.74) is -0.00462. The van der Waals surface area contributed by atoms with Crippen LogP contribution in [0.4, 0.5) is 4.39 Å². The molecule has 0 N–H and O–H groups in total. The van der Waals surface area contributed by atoms with Crippen LogP contribution in [-0.2, 0) is 15.9 Å². The molecule has 2 aromatic carbocycles. The molecule has 0 aromatic heterocycles. The van der Waals surface area contributed by atoms with Crippen LogP contribution in [0.1, 0.15) is 33.3 Å². The second-order valence-electron chi connectivity index (χ2n) is 7.48. The predicted molar refractivity (Wildman–Crippen MR) is 104 cm³/mol. The van der Waals surface area contributed by atoms with Gasteiger partial charge in [-0.05, 0) is 58.0 Å². The number of methoxy groups -OCH3 is 1. The van der Waals surface area contributed by atoms with Crippen LogP contribution < -0.4 is 14.9 Å². The number of hydrogen-bond donors (Lipinski definition) is 0. The van der Waals surface area contributed by atoms with E-state index in [2.05, 4.69) is 0 Å². The highest BCUT2D eigenvalue weighted by Gasteiger charge is 2.52. The fraction of sp³-hybridized carbons (Fsp3) is 0.400. The Hall–Kier alpha value is -1.76. The Morgan fingerprint density at radius 2 is 1.74 bits per heavy atom. The molecule has 0 radical (unpaired) electrons. The molecule has 0 atom stereocenters. The van der Waals surface area contributed by atoms with Crippen molar-refractivity contribution < 1.29 is 23.2 Å². The van der Waals surface area contributed by atoms with E-state index < -0.39 is 24.1 Å². The van der Waals surface area contributed by atoms with E-state index in [1.54, 1.807) is 37.4 Å². The summed E-state index contributed by atoms with van der Waals surface area (Å²) >= 11 is 6.10. The fourth-order valence-electron chi connectivity index (χ4n) is 2.76. The maximum Gasteiger partial charge on any atom is 0.498 e. The third kappa shape index (κ3) is 3.93. The number of hydrogen-bond acceptors (Lipinski definition) is 4. The number of halogens is 2. The van der Waals surface area contributed by atoms with Crippen molar-refractivity contribution in [3.63, 3.8) is 0 Å². The molecule has 0 amide bonds. The summed E-state index contributed by atoms with van der Waals surface area (Å²) in [6.45, 7) is 7.91. The molecule has 1 heterocycles. The highest BCUT2D eigenvalue weighted by molar-refractivity contribution is 6.63. The molecule has 7 heteroatoms. The highest BCUT2D eigenvalue weighted by Crippen LogP contribution is 2.37. The summed E-state index contributed by atoms with van der Waals surface area (Å²) in [5, 5.41) is 0.320. The second-order valence-corrected chi connectivity index (χ2v) is 7.89. The van der Waals surface area contributed by atoms with Crippen molar-refractivity contribution in [1.29, 1.82) is 0 Å². The zero-order valence-electron chi connectivity index (χ0n) is 16.1. The second kappa shape index (κ2) is 7.34. The van der Waals surface area contributed by atoms with Crippen molar-refractivity contribution in [3.05, 3.63) is 52.8 Å². The van der Waals surface area contributed by atoms with Crippen molar-refractivity contribution in [2.24, 2.45) is 0 Å². The molecule has 1 aliphatic heterocycles. The highest BCUT2D eigenvalue weighted by atomic mass is 35.5. The first-order valence-electron chi connectivity index (χ1n) is 8.74. The first-order chi connectivity index (χ1) is 12.6. The maximum absolute atomic E-state index is 14.0. The van der Waals surface area contributed by atoms with Gasteiger partial charge in [-0.3, -0.25) is 0 Å². The van der Waals surface area contributed by atoms with Crippen molar-refractivity contribution in [3.8, 4) is 11.5 Å². The van der Waals surface area contributed by atoms with Gasteiger partial charge in [0.05, 0.1) is 23.3 Å². The SMILES string of the molecule is COc1ccc(OCc2c(F)cccc2Cl)c(B2OC(C)(C)C(C)(C)O2)c1. The Morgan fingerprint density at radius 3 is 2.33 bits per heavy atom. The molecule has 0 aliphatic carbocycles. The number of benzene rings is 2. The van der Waals surface area contributed by atoms with Crippen LogP contribution in [0, 0.1) is 5.82 Å². The average molecular weight is 393 g/mol. The zero-order chi connectivity index (χ0) is 19.8. The van der Waals surface area contributed by atoms with Crippen LogP contribution in [0.2, 0.25) is 5.02 Å². The van der Waals surface area contributed by atoms with Crippen LogP contribution in [0.25, 0.3) is 0 Å². The van der Waals surface area contributed by atoms with Crippen molar-refractivity contribution in [2.75, 3.05) is 7.11 Å². The Balaban J connectivity index is 1.90. The Kier molecular flexibility index (Phi) is 5.44. The van der Waals surface area contributed by atoms with Crippen molar-refractivity contribution in [2.45, 2.75) is 45.5 Å². The van der Waals surface area contributed by atoms with Gasteiger partial charge >= 0.3 is 7.12 Å². The van der Waals surface area contributed by atoms with E-state index in [0.717, 1.165) is 0 Å². The first-order valence-corrected chi connectivity index (χ1v) is 9.12. The van der Waals surface area contributed by atoms with Crippen LogP contribution in [-0.4, -0.2) is 25.4 Å². The minimum absolute atomic E-state index is 0.00958. The molecule has 1 saturated heterocycles. The third-order valence-electron chi connectivity index (χ3n) is 5.16. The summed E-state index contributed by atoms with van der Waals surface area (Å²) in [7, 11) is 0.958. The topological polar surface area (TPSA) is 36.9 Å². The van der Waals surface area contributed by atoms with Crippen molar-refractivity contribution >= 4 is 24.2 Å². The van der Waals surface area contributed by atoms with Crippen LogP contribution in [0.15, 0.2) is 36.4 Å². The Morgan fingerprint density at radius 1 is 1.07 bits per heavy atom. The molecule has 0 unspecified atom stereocenters. The lowest BCUT2D eigenvalue weighted by Crippen LogP contribution is -2.41. The summed E-state index contributed by atoms with van der Waals surface area (Å²) in [6.07, 6.45) is 0. The molecule has 4 nitrogen and oxygen atoms in total. The monoisotopic (exact) mass is 392 g/mol. The molecule has 0 saturated carbocycles. The van der Waals surface area contributed by atoms with Gasteiger partial charge in [0.25, 0.3) is 0 Å². The average Bonchev–Trinajstić information content (AvgIpc) is 2.82. The van der Waals surface area contributed by atoms with E-state index in [1.165, 1.54) is 6.07 Å². The Labute approximate surface area is 164 Å². The summed E-state index contributed by atoms with van der Waals surface area (Å²) in [5.74, 6) is 0.762. The van der Waals surface area contributed by atoms with Gasteiger partial charge in [0.2, 0.25) is 0 Å². The van der Waals surface area contributed by atoms with Gasteiger partial charge in [-0.2, -0.15) is 0 Å². The standard InChI is InChI=1S/C20H23BClFO4/c1-19(2)20(3,4)27-21(26-19)15-11-13(24-5)9-10-18(15)25-12-14-16(22)7-6-8-17(14)23/h6-11H,12H2,1-5H3. The van der Waals surface area contributed by atoms with Gasteiger partial charge in [-0.25, -0.2) is 4.39 Å². The molecule has 0 spiro atoms. The maximum atomic E-state index is 14.0. The summed E-state index contributed by atoms with van der Waals surface area (Å²) in [6, 6.07) is 9.88. The lowest BCUT2D eigenvalue weighted by Gasteiger charge is -2.32. The number of rotatable bonds is 5. The quantitative estimate of drug-likeness (QED) is 0.708. The van der Waals surface area contributed by atoms with Gasteiger partial charge in [-0.1, -0.05) is 17.7 Å². The molecule has 27 heavy (non-hydrogen) atoms. The van der Waals surface area contributed by atoms with Crippen LogP contribution in [0.5, 0.6) is 11.5 Å². The van der Waals surface area contributed by atoms with Gasteiger partial charge in [0.1, 0.15) is 23.9 Å². The Bertz CT molecular complexity index is 804. The van der Waals surface area contributed by atoms with E-state index >= 15 is 0 Å². The van der Waals surface area contributed by atoms with Crippen molar-refractivity contribution in [1.82, 2.24) is 0 Å². The zero-order valence-corrected chi connectivity index (χ0v) is 16.9. The fourth-order valence-corrected chi connectivity index (χ4v) is 2.98. The molecular weight excluding hydrogens is 369 g/mol. The van der Waals surface area contributed by atoms with E-state index in [9.17, 15) is 4.39 Å². The number of ether oxygens (including phenoxy) is 2. The molecule has 2 aromatic rings. The largest absolute Gasteiger partial charge is 0.498 e. The van der Waals surface area contributed by atoms with E-state index in [1.807, 2.05) is 27.7 Å². The van der Waals surface area contributed by atoms with Gasteiger partial charge in [-0.15, -0.1) is 0 Å². The molecule has 1 aliphatic rings. The molecular formula is C20H23BClFO4. The van der Waals surface area contributed by atoms with E-state index in [-0.39, 0.29) is 6.61 Å². The van der Waals surface area contributed by atoms with Gasteiger partial charge < -0.3 is 18.8 Å². The lowest BCUT2D eigenvalue weighted by molar-refractivity contribution is 0.00578. The normalized spacial score (nSPS) is 17.8. The predicted octanol–water partition coefficient (Wildman–Crippen LogP) is 4.37. The lowest BCUT2D eigenvalue weighted by atomic mass is 9.78. The van der Waals surface area contributed by atoms with Gasteiger partial charge in [0, 0.05) is 11.0 Å².